The first kappa shape index (κ1) is 24.6. The molecule has 6 rings (SSSR count). The summed E-state index contributed by atoms with van der Waals surface area (Å²) in [6, 6.07) is 16.0. The van der Waals surface area contributed by atoms with E-state index in [0.29, 0.717) is 5.92 Å². The van der Waals surface area contributed by atoms with Crippen LogP contribution in [0.25, 0.3) is 10.9 Å². The van der Waals surface area contributed by atoms with Crippen molar-refractivity contribution in [2.24, 2.45) is 0 Å². The summed E-state index contributed by atoms with van der Waals surface area (Å²) in [6.07, 6.45) is -4.42. The number of aromatic nitrogens is 1. The standard InChI is InChI=1S/C29H23ClF3N3O2/c1-15(2)16-7-9-17(10-8-16)26-25-20(19-5-3-4-6-22(19)34-25)14-24-27(37)36(28(38)35(24)26)23-13-18(29(31,32)33)11-12-21(23)30/h3-13,15,24,26,34H,14H2,1-2H3/t24-,26-/m0/s1. The molecule has 1 fully saturated rings. The lowest BCUT2D eigenvalue weighted by atomic mass is 9.88. The van der Waals surface area contributed by atoms with Crippen LogP contribution in [0.2, 0.25) is 5.02 Å². The number of urea groups is 1. The molecule has 4 aromatic rings. The van der Waals surface area contributed by atoms with Crippen LogP contribution < -0.4 is 4.90 Å². The van der Waals surface area contributed by atoms with Crippen LogP contribution in [0, 0.1) is 0 Å². The summed E-state index contributed by atoms with van der Waals surface area (Å²) in [5.74, 6) is -0.295. The Morgan fingerprint density at radius 2 is 1.71 bits per heavy atom. The van der Waals surface area contributed by atoms with Gasteiger partial charge in [0.1, 0.15) is 12.1 Å². The minimum atomic E-state index is -4.66. The lowest BCUT2D eigenvalue weighted by molar-refractivity contribution is -0.137. The zero-order valence-corrected chi connectivity index (χ0v) is 21.3. The SMILES string of the molecule is CC(C)c1ccc([C@H]2c3[nH]c4ccccc4c3C[C@H]3C(=O)N(c4cc(C(F)(F)F)ccc4Cl)C(=O)N23)cc1. The molecule has 3 aromatic carbocycles. The Hall–Kier alpha value is -3.78. The van der Waals surface area contributed by atoms with Gasteiger partial charge < -0.3 is 4.98 Å². The lowest BCUT2D eigenvalue weighted by Crippen LogP contribution is -2.44. The van der Waals surface area contributed by atoms with Crippen LogP contribution in [0.5, 0.6) is 0 Å². The van der Waals surface area contributed by atoms with Gasteiger partial charge in [0.2, 0.25) is 0 Å². The number of fused-ring (bicyclic) bond motifs is 4. The fourth-order valence-corrected chi connectivity index (χ4v) is 5.77. The Bertz CT molecular complexity index is 1590. The highest BCUT2D eigenvalue weighted by molar-refractivity contribution is 6.36. The molecule has 194 valence electrons. The molecule has 3 heterocycles. The number of imide groups is 1. The molecule has 0 saturated carbocycles. The Morgan fingerprint density at radius 3 is 2.39 bits per heavy atom. The first-order valence-corrected chi connectivity index (χ1v) is 12.7. The van der Waals surface area contributed by atoms with Crippen LogP contribution in [0.3, 0.4) is 0 Å². The lowest BCUT2D eigenvalue weighted by Gasteiger charge is -2.36. The molecular weight excluding hydrogens is 515 g/mol. The molecule has 0 bridgehead atoms. The number of hydrogen-bond acceptors (Lipinski definition) is 2. The molecular formula is C29H23ClF3N3O2. The zero-order valence-electron chi connectivity index (χ0n) is 20.5. The molecule has 5 nitrogen and oxygen atoms in total. The third-order valence-corrected chi connectivity index (χ3v) is 7.80. The number of amides is 3. The van der Waals surface area contributed by atoms with Crippen molar-refractivity contribution in [3.63, 3.8) is 0 Å². The van der Waals surface area contributed by atoms with Crippen molar-refractivity contribution >= 4 is 40.1 Å². The predicted molar refractivity (Wildman–Crippen MR) is 139 cm³/mol. The quantitative estimate of drug-likeness (QED) is 0.276. The normalized spacial score (nSPS) is 19.4. The van der Waals surface area contributed by atoms with E-state index in [-0.39, 0.29) is 17.1 Å². The van der Waals surface area contributed by atoms with Crippen molar-refractivity contribution in [1.82, 2.24) is 9.88 Å². The largest absolute Gasteiger partial charge is 0.416 e. The number of H-pyrrole nitrogens is 1. The Labute approximate surface area is 221 Å². The number of aromatic amines is 1. The van der Waals surface area contributed by atoms with Gasteiger partial charge in [0.15, 0.2) is 0 Å². The van der Waals surface area contributed by atoms with E-state index in [9.17, 15) is 22.8 Å². The van der Waals surface area contributed by atoms with E-state index in [1.165, 1.54) is 4.90 Å². The fourth-order valence-electron chi connectivity index (χ4n) is 5.57. The van der Waals surface area contributed by atoms with Crippen molar-refractivity contribution < 1.29 is 22.8 Å². The smallest absolute Gasteiger partial charge is 0.356 e. The van der Waals surface area contributed by atoms with Gasteiger partial charge in [-0.2, -0.15) is 13.2 Å². The number of para-hydroxylation sites is 1. The first-order valence-electron chi connectivity index (χ1n) is 12.3. The molecule has 9 heteroatoms. The number of hydrogen-bond donors (Lipinski definition) is 1. The van der Waals surface area contributed by atoms with E-state index >= 15 is 0 Å². The third-order valence-electron chi connectivity index (χ3n) is 7.48. The number of nitrogens with zero attached hydrogens (tertiary/aromatic N) is 2. The zero-order chi connectivity index (χ0) is 26.9. The fraction of sp³-hybridized carbons (Fsp3) is 0.241. The highest BCUT2D eigenvalue weighted by Crippen LogP contribution is 2.46. The molecule has 0 radical (unpaired) electrons. The minimum Gasteiger partial charge on any atom is -0.356 e. The number of alkyl halides is 3. The van der Waals surface area contributed by atoms with Gasteiger partial charge in [0, 0.05) is 23.0 Å². The highest BCUT2D eigenvalue weighted by Gasteiger charge is 2.53. The van der Waals surface area contributed by atoms with Gasteiger partial charge in [0.05, 0.1) is 16.3 Å². The van der Waals surface area contributed by atoms with E-state index in [1.54, 1.807) is 0 Å². The number of benzene rings is 3. The number of anilines is 1. The van der Waals surface area contributed by atoms with Gasteiger partial charge in [-0.15, -0.1) is 0 Å². The third kappa shape index (κ3) is 3.69. The van der Waals surface area contributed by atoms with E-state index in [0.717, 1.165) is 56.4 Å². The molecule has 0 aliphatic carbocycles. The van der Waals surface area contributed by atoms with E-state index < -0.39 is 35.8 Å². The van der Waals surface area contributed by atoms with Crippen molar-refractivity contribution in [2.75, 3.05) is 4.90 Å². The summed E-state index contributed by atoms with van der Waals surface area (Å²) in [7, 11) is 0. The summed E-state index contributed by atoms with van der Waals surface area (Å²) < 4.78 is 40.5. The second-order valence-corrected chi connectivity index (χ2v) is 10.4. The maximum Gasteiger partial charge on any atom is 0.416 e. The maximum absolute atomic E-state index is 13.9. The van der Waals surface area contributed by atoms with Crippen LogP contribution in [0.4, 0.5) is 23.7 Å². The molecule has 1 N–H and O–H groups in total. The summed E-state index contributed by atoms with van der Waals surface area (Å²) in [5.41, 5.74) is 3.26. The van der Waals surface area contributed by atoms with Crippen molar-refractivity contribution in [2.45, 2.75) is 44.4 Å². The highest BCUT2D eigenvalue weighted by atomic mass is 35.5. The second-order valence-electron chi connectivity index (χ2n) is 10.0. The molecule has 1 saturated heterocycles. The Kier molecular flexibility index (Phi) is 5.57. The molecule has 2 aliphatic rings. The number of nitrogens with one attached hydrogen (secondary N) is 1. The van der Waals surface area contributed by atoms with Crippen LogP contribution in [0.1, 0.15) is 53.8 Å². The average molecular weight is 538 g/mol. The summed E-state index contributed by atoms with van der Waals surface area (Å²) in [4.78, 5) is 33.4. The van der Waals surface area contributed by atoms with Crippen molar-refractivity contribution in [3.05, 3.63) is 99.7 Å². The van der Waals surface area contributed by atoms with E-state index in [2.05, 4.69) is 18.8 Å². The van der Waals surface area contributed by atoms with Crippen LogP contribution in [-0.4, -0.2) is 27.9 Å². The summed E-state index contributed by atoms with van der Waals surface area (Å²) in [5, 5.41) is 0.836. The number of carbonyl (C=O) groups is 2. The minimum absolute atomic E-state index is 0.110. The summed E-state index contributed by atoms with van der Waals surface area (Å²) in [6.45, 7) is 4.17. The van der Waals surface area contributed by atoms with Crippen molar-refractivity contribution in [1.29, 1.82) is 0 Å². The van der Waals surface area contributed by atoms with E-state index in [1.807, 2.05) is 48.5 Å². The van der Waals surface area contributed by atoms with Gasteiger partial charge >= 0.3 is 12.2 Å². The van der Waals surface area contributed by atoms with Gasteiger partial charge in [-0.1, -0.05) is 67.9 Å². The molecule has 38 heavy (non-hydrogen) atoms. The molecule has 1 aromatic heterocycles. The molecule has 2 aliphatic heterocycles. The Balaban J connectivity index is 1.51. The monoisotopic (exact) mass is 537 g/mol. The van der Waals surface area contributed by atoms with E-state index in [4.69, 9.17) is 11.6 Å². The molecule has 0 spiro atoms. The van der Waals surface area contributed by atoms with Crippen molar-refractivity contribution in [3.8, 4) is 0 Å². The van der Waals surface area contributed by atoms with Gasteiger partial charge in [-0.25, -0.2) is 9.69 Å². The molecule has 0 unspecified atom stereocenters. The molecule has 2 atom stereocenters. The topological polar surface area (TPSA) is 56.4 Å². The van der Waals surface area contributed by atoms with Crippen LogP contribution >= 0.6 is 11.6 Å². The molecule has 3 amide bonds. The van der Waals surface area contributed by atoms with Gasteiger partial charge in [-0.3, -0.25) is 9.69 Å². The van der Waals surface area contributed by atoms with Crippen LogP contribution in [0.15, 0.2) is 66.7 Å². The first-order chi connectivity index (χ1) is 18.1. The van der Waals surface area contributed by atoms with Gasteiger partial charge in [0.25, 0.3) is 5.91 Å². The predicted octanol–water partition coefficient (Wildman–Crippen LogP) is 7.45. The van der Waals surface area contributed by atoms with Gasteiger partial charge in [-0.05, 0) is 46.9 Å². The summed E-state index contributed by atoms with van der Waals surface area (Å²) >= 11 is 6.26. The van der Waals surface area contributed by atoms with Crippen LogP contribution in [-0.2, 0) is 17.4 Å². The maximum atomic E-state index is 13.9. The Morgan fingerprint density at radius 1 is 1.00 bits per heavy atom. The average Bonchev–Trinajstić information content (AvgIpc) is 3.37. The number of rotatable bonds is 3. The second kappa shape index (κ2) is 8.63. The number of carbonyl (C=O) groups excluding carboxylic acids is 2. The number of halogens is 4.